The molecule has 0 aromatic carbocycles. The number of hydrogen-bond donors (Lipinski definition) is 1. The number of rotatable bonds is 4. The van der Waals surface area contributed by atoms with Gasteiger partial charge >= 0.3 is 0 Å². The maximum atomic E-state index is 12.5. The third-order valence-electron chi connectivity index (χ3n) is 2.63. The summed E-state index contributed by atoms with van der Waals surface area (Å²) >= 11 is 0. The first-order valence-corrected chi connectivity index (χ1v) is 4.97. The lowest BCUT2D eigenvalue weighted by molar-refractivity contribution is 0.534. The zero-order valence-electron chi connectivity index (χ0n) is 8.20. The van der Waals surface area contributed by atoms with Crippen molar-refractivity contribution in [1.29, 1.82) is 0 Å². The molecule has 0 bridgehead atoms. The van der Waals surface area contributed by atoms with Gasteiger partial charge < -0.3 is 5.32 Å². The van der Waals surface area contributed by atoms with Crippen molar-refractivity contribution in [3.63, 3.8) is 0 Å². The quantitative estimate of drug-likeness (QED) is 0.799. The van der Waals surface area contributed by atoms with E-state index < -0.39 is 5.82 Å². The molecule has 1 heterocycles. The summed E-state index contributed by atoms with van der Waals surface area (Å²) in [6.07, 6.45) is 5.04. The molecule has 76 valence electrons. The predicted octanol–water partition coefficient (Wildman–Crippen LogP) is 2.07. The molecule has 1 fully saturated rings. The molecule has 1 saturated carbocycles. The van der Waals surface area contributed by atoms with Gasteiger partial charge in [0.1, 0.15) is 0 Å². The lowest BCUT2D eigenvalue weighted by Crippen LogP contribution is -2.14. The van der Waals surface area contributed by atoms with Gasteiger partial charge in [-0.2, -0.15) is 0 Å². The van der Waals surface area contributed by atoms with Crippen LogP contribution >= 0.6 is 0 Å². The average molecular weight is 195 g/mol. The molecule has 1 aliphatic rings. The molecule has 0 saturated heterocycles. The number of hydrogen-bond acceptors (Lipinski definition) is 3. The molecule has 1 atom stereocenters. The standard InChI is InChI=1S/C10H14FN3/c1-7(8-2-3-8)4-12-10-13-5-9(11)6-14-10/h5-8H,2-4H2,1H3,(H,12,13,14). The molecule has 1 unspecified atom stereocenters. The van der Waals surface area contributed by atoms with Crippen molar-refractivity contribution in [2.75, 3.05) is 11.9 Å². The first kappa shape index (κ1) is 9.37. The number of nitrogens with zero attached hydrogens (tertiary/aromatic N) is 2. The highest BCUT2D eigenvalue weighted by Crippen LogP contribution is 2.36. The summed E-state index contributed by atoms with van der Waals surface area (Å²) in [6, 6.07) is 0. The van der Waals surface area contributed by atoms with Gasteiger partial charge in [0.05, 0.1) is 12.4 Å². The molecule has 1 aromatic heterocycles. The van der Waals surface area contributed by atoms with E-state index in [1.807, 2.05) is 0 Å². The topological polar surface area (TPSA) is 37.8 Å². The van der Waals surface area contributed by atoms with E-state index in [1.165, 1.54) is 25.2 Å². The van der Waals surface area contributed by atoms with Gasteiger partial charge in [-0.25, -0.2) is 14.4 Å². The van der Waals surface area contributed by atoms with Crippen LogP contribution in [-0.4, -0.2) is 16.5 Å². The smallest absolute Gasteiger partial charge is 0.222 e. The molecule has 3 nitrogen and oxygen atoms in total. The minimum atomic E-state index is -0.397. The Morgan fingerprint density at radius 2 is 2.14 bits per heavy atom. The third-order valence-corrected chi connectivity index (χ3v) is 2.63. The van der Waals surface area contributed by atoms with Crippen LogP contribution in [0, 0.1) is 17.7 Å². The molecule has 1 aromatic rings. The number of nitrogens with one attached hydrogen (secondary N) is 1. The summed E-state index contributed by atoms with van der Waals surface area (Å²) in [5, 5.41) is 3.10. The van der Waals surface area contributed by atoms with Crippen LogP contribution in [0.25, 0.3) is 0 Å². The Bertz CT molecular complexity index is 295. The van der Waals surface area contributed by atoms with Crippen molar-refractivity contribution >= 4 is 5.95 Å². The van der Waals surface area contributed by atoms with Crippen molar-refractivity contribution in [2.24, 2.45) is 11.8 Å². The van der Waals surface area contributed by atoms with E-state index in [-0.39, 0.29) is 0 Å². The van der Waals surface area contributed by atoms with Gasteiger partial charge in [-0.3, -0.25) is 0 Å². The first-order chi connectivity index (χ1) is 6.75. The number of anilines is 1. The van der Waals surface area contributed by atoms with Crippen molar-refractivity contribution in [3.8, 4) is 0 Å². The Hall–Kier alpha value is -1.19. The fourth-order valence-corrected chi connectivity index (χ4v) is 1.49. The van der Waals surface area contributed by atoms with Crippen molar-refractivity contribution < 1.29 is 4.39 Å². The minimum Gasteiger partial charge on any atom is -0.354 e. The predicted molar refractivity (Wildman–Crippen MR) is 52.4 cm³/mol. The molecular weight excluding hydrogens is 181 g/mol. The second-order valence-corrected chi connectivity index (χ2v) is 3.92. The SMILES string of the molecule is CC(CNc1ncc(F)cn1)C1CC1. The van der Waals surface area contributed by atoms with Gasteiger partial charge in [0.2, 0.25) is 5.95 Å². The van der Waals surface area contributed by atoms with Crippen LogP contribution in [0.5, 0.6) is 0 Å². The van der Waals surface area contributed by atoms with Crippen molar-refractivity contribution in [1.82, 2.24) is 9.97 Å². The highest BCUT2D eigenvalue weighted by molar-refractivity contribution is 5.22. The molecule has 0 aliphatic heterocycles. The van der Waals surface area contributed by atoms with E-state index in [2.05, 4.69) is 22.2 Å². The zero-order valence-corrected chi connectivity index (χ0v) is 8.20. The van der Waals surface area contributed by atoms with E-state index in [0.29, 0.717) is 11.9 Å². The van der Waals surface area contributed by atoms with Gasteiger partial charge in [0.25, 0.3) is 0 Å². The van der Waals surface area contributed by atoms with E-state index in [9.17, 15) is 4.39 Å². The molecule has 4 heteroatoms. The third kappa shape index (κ3) is 2.40. The molecule has 0 spiro atoms. The van der Waals surface area contributed by atoms with Crippen LogP contribution in [0.1, 0.15) is 19.8 Å². The second kappa shape index (κ2) is 3.90. The maximum Gasteiger partial charge on any atom is 0.222 e. The van der Waals surface area contributed by atoms with Crippen LogP contribution in [0.4, 0.5) is 10.3 Å². The minimum absolute atomic E-state index is 0.397. The molecule has 1 aliphatic carbocycles. The van der Waals surface area contributed by atoms with Gasteiger partial charge in [-0.1, -0.05) is 6.92 Å². The van der Waals surface area contributed by atoms with Crippen LogP contribution in [0.15, 0.2) is 12.4 Å². The fraction of sp³-hybridized carbons (Fsp3) is 0.600. The summed E-state index contributed by atoms with van der Waals surface area (Å²) in [5.74, 6) is 1.64. The lowest BCUT2D eigenvalue weighted by Gasteiger charge is -2.10. The second-order valence-electron chi connectivity index (χ2n) is 3.92. The van der Waals surface area contributed by atoms with Crippen LogP contribution < -0.4 is 5.32 Å². The Balaban J connectivity index is 1.82. The van der Waals surface area contributed by atoms with E-state index >= 15 is 0 Å². The van der Waals surface area contributed by atoms with Crippen LogP contribution in [0.2, 0.25) is 0 Å². The zero-order chi connectivity index (χ0) is 9.97. The summed E-state index contributed by atoms with van der Waals surface area (Å²) in [4.78, 5) is 7.67. The summed E-state index contributed by atoms with van der Waals surface area (Å²) < 4.78 is 12.5. The van der Waals surface area contributed by atoms with Gasteiger partial charge in [0, 0.05) is 6.54 Å². The van der Waals surface area contributed by atoms with Gasteiger partial charge in [0.15, 0.2) is 5.82 Å². The van der Waals surface area contributed by atoms with E-state index in [0.717, 1.165) is 12.5 Å². The molecule has 1 N–H and O–H groups in total. The monoisotopic (exact) mass is 195 g/mol. The Kier molecular flexibility index (Phi) is 2.61. The average Bonchev–Trinajstić information content (AvgIpc) is 3.00. The molecular formula is C10H14FN3. The molecule has 2 rings (SSSR count). The molecule has 14 heavy (non-hydrogen) atoms. The Labute approximate surface area is 82.8 Å². The normalized spacial score (nSPS) is 17.9. The molecule has 0 amide bonds. The summed E-state index contributed by atoms with van der Waals surface area (Å²) in [5.41, 5.74) is 0. The van der Waals surface area contributed by atoms with E-state index in [1.54, 1.807) is 0 Å². The van der Waals surface area contributed by atoms with Crippen molar-refractivity contribution in [3.05, 3.63) is 18.2 Å². The van der Waals surface area contributed by atoms with Gasteiger partial charge in [-0.15, -0.1) is 0 Å². The Morgan fingerprint density at radius 3 is 2.71 bits per heavy atom. The van der Waals surface area contributed by atoms with Gasteiger partial charge in [-0.05, 0) is 24.7 Å². The fourth-order valence-electron chi connectivity index (χ4n) is 1.49. The summed E-state index contributed by atoms with van der Waals surface area (Å²) in [7, 11) is 0. The number of aromatic nitrogens is 2. The van der Waals surface area contributed by atoms with Crippen LogP contribution in [0.3, 0.4) is 0 Å². The van der Waals surface area contributed by atoms with E-state index in [4.69, 9.17) is 0 Å². The number of halogens is 1. The Morgan fingerprint density at radius 1 is 1.50 bits per heavy atom. The van der Waals surface area contributed by atoms with Crippen LogP contribution in [-0.2, 0) is 0 Å². The largest absolute Gasteiger partial charge is 0.354 e. The summed E-state index contributed by atoms with van der Waals surface area (Å²) in [6.45, 7) is 3.09. The first-order valence-electron chi connectivity index (χ1n) is 4.97. The van der Waals surface area contributed by atoms with Crippen molar-refractivity contribution in [2.45, 2.75) is 19.8 Å². The maximum absolute atomic E-state index is 12.5. The molecule has 0 radical (unpaired) electrons. The highest BCUT2D eigenvalue weighted by atomic mass is 19.1. The lowest BCUT2D eigenvalue weighted by atomic mass is 10.1. The highest BCUT2D eigenvalue weighted by Gasteiger charge is 2.27.